The molecular weight excluding hydrogens is 501 g/mol. The SMILES string of the molecule is N#Cc1cc(Cl)cc(S(=O)(=O)N2CCC(n3ncc(NC[C@H]4CCCOC4)c(Cl)c3=O)CC2)c1. The third-order valence-electron chi connectivity index (χ3n) is 6.19. The molecule has 0 bridgehead atoms. The number of hydrogen-bond acceptors (Lipinski definition) is 7. The second-order valence-electron chi connectivity index (χ2n) is 8.51. The van der Waals surface area contributed by atoms with Gasteiger partial charge in [0.1, 0.15) is 5.02 Å². The van der Waals surface area contributed by atoms with Gasteiger partial charge in [-0.15, -0.1) is 0 Å². The van der Waals surface area contributed by atoms with Crippen LogP contribution in [-0.4, -0.2) is 55.4 Å². The number of nitriles is 1. The Kier molecular flexibility index (Phi) is 7.80. The van der Waals surface area contributed by atoms with Gasteiger partial charge >= 0.3 is 0 Å². The largest absolute Gasteiger partial charge is 0.382 e. The molecule has 0 unspecified atom stereocenters. The number of anilines is 1. The quantitative estimate of drug-likeness (QED) is 0.614. The van der Waals surface area contributed by atoms with Gasteiger partial charge in [0.25, 0.3) is 5.56 Å². The van der Waals surface area contributed by atoms with Gasteiger partial charge in [-0.2, -0.15) is 14.7 Å². The second kappa shape index (κ2) is 10.6. The summed E-state index contributed by atoms with van der Waals surface area (Å²) in [5.41, 5.74) is 0.264. The van der Waals surface area contributed by atoms with Gasteiger partial charge in [-0.05, 0) is 49.8 Å². The minimum atomic E-state index is -3.82. The molecule has 34 heavy (non-hydrogen) atoms. The van der Waals surface area contributed by atoms with Crippen LogP contribution in [0.25, 0.3) is 0 Å². The molecule has 0 aliphatic carbocycles. The van der Waals surface area contributed by atoms with Crippen molar-refractivity contribution in [1.29, 1.82) is 5.26 Å². The van der Waals surface area contributed by atoms with Crippen LogP contribution < -0.4 is 10.9 Å². The predicted octanol–water partition coefficient (Wildman–Crippen LogP) is 3.29. The lowest BCUT2D eigenvalue weighted by Gasteiger charge is -2.31. The lowest BCUT2D eigenvalue weighted by Crippen LogP contribution is -2.41. The van der Waals surface area contributed by atoms with Gasteiger partial charge < -0.3 is 10.1 Å². The summed E-state index contributed by atoms with van der Waals surface area (Å²) < 4.78 is 34.3. The molecule has 0 amide bonds. The first kappa shape index (κ1) is 24.9. The number of aromatic nitrogens is 2. The number of sulfonamides is 1. The van der Waals surface area contributed by atoms with E-state index < -0.39 is 15.6 Å². The summed E-state index contributed by atoms with van der Waals surface area (Å²) >= 11 is 12.3. The smallest absolute Gasteiger partial charge is 0.287 e. The molecule has 2 saturated heterocycles. The van der Waals surface area contributed by atoms with Crippen molar-refractivity contribution in [1.82, 2.24) is 14.1 Å². The van der Waals surface area contributed by atoms with E-state index in [0.717, 1.165) is 19.4 Å². The van der Waals surface area contributed by atoms with Crippen LogP contribution >= 0.6 is 23.2 Å². The van der Waals surface area contributed by atoms with Crippen molar-refractivity contribution in [3.05, 3.63) is 50.4 Å². The molecule has 3 heterocycles. The number of piperidine rings is 1. The summed E-state index contributed by atoms with van der Waals surface area (Å²) in [5, 5.41) is 16.9. The molecule has 2 aromatic rings. The van der Waals surface area contributed by atoms with E-state index in [9.17, 15) is 13.2 Å². The Hall–Kier alpha value is -2.16. The zero-order valence-corrected chi connectivity index (χ0v) is 20.7. The van der Waals surface area contributed by atoms with Crippen LogP contribution in [0.15, 0.2) is 34.1 Å². The molecule has 4 rings (SSSR count). The summed E-state index contributed by atoms with van der Waals surface area (Å²) in [6.45, 7) is 2.53. The molecule has 1 aromatic carbocycles. The summed E-state index contributed by atoms with van der Waals surface area (Å²) in [7, 11) is -3.82. The Labute approximate surface area is 208 Å². The fourth-order valence-electron chi connectivity index (χ4n) is 4.30. The Bertz CT molecular complexity index is 1250. The molecule has 0 spiro atoms. The van der Waals surface area contributed by atoms with E-state index in [1.54, 1.807) is 6.20 Å². The van der Waals surface area contributed by atoms with Crippen LogP contribution in [0.3, 0.4) is 0 Å². The average molecular weight is 526 g/mol. The summed E-state index contributed by atoms with van der Waals surface area (Å²) in [5.74, 6) is 0.363. The van der Waals surface area contributed by atoms with Crippen molar-refractivity contribution in [3.63, 3.8) is 0 Å². The molecule has 1 N–H and O–H groups in total. The summed E-state index contributed by atoms with van der Waals surface area (Å²) in [6, 6.07) is 5.70. The highest BCUT2D eigenvalue weighted by molar-refractivity contribution is 7.89. The molecule has 0 radical (unpaired) electrons. The van der Waals surface area contributed by atoms with Crippen molar-refractivity contribution in [2.24, 2.45) is 5.92 Å². The van der Waals surface area contributed by atoms with E-state index in [-0.39, 0.29) is 39.6 Å². The Morgan fingerprint density at radius 3 is 2.65 bits per heavy atom. The van der Waals surface area contributed by atoms with E-state index in [4.69, 9.17) is 33.2 Å². The number of nitrogens with one attached hydrogen (secondary N) is 1. The summed E-state index contributed by atoms with van der Waals surface area (Å²) in [4.78, 5) is 12.9. The minimum Gasteiger partial charge on any atom is -0.382 e. The lowest BCUT2D eigenvalue weighted by molar-refractivity contribution is 0.0595. The molecule has 1 aromatic heterocycles. The number of benzene rings is 1. The van der Waals surface area contributed by atoms with Gasteiger partial charge in [0, 0.05) is 31.3 Å². The van der Waals surface area contributed by atoms with E-state index in [1.807, 2.05) is 6.07 Å². The first-order valence-corrected chi connectivity index (χ1v) is 13.3. The molecule has 0 saturated carbocycles. The minimum absolute atomic E-state index is 0.0212. The number of nitrogens with zero attached hydrogens (tertiary/aromatic N) is 4. The number of rotatable bonds is 6. The van der Waals surface area contributed by atoms with E-state index in [1.165, 1.54) is 27.2 Å². The first-order valence-electron chi connectivity index (χ1n) is 11.1. The highest BCUT2D eigenvalue weighted by atomic mass is 35.5. The molecule has 1 atom stereocenters. The van der Waals surface area contributed by atoms with Crippen molar-refractivity contribution in [2.75, 3.05) is 38.2 Å². The first-order chi connectivity index (χ1) is 16.3. The van der Waals surface area contributed by atoms with Gasteiger partial charge in [0.15, 0.2) is 0 Å². The predicted molar refractivity (Wildman–Crippen MR) is 129 cm³/mol. The fraction of sp³-hybridized carbons (Fsp3) is 0.500. The van der Waals surface area contributed by atoms with Crippen LogP contribution in [0.1, 0.15) is 37.3 Å². The van der Waals surface area contributed by atoms with Crippen molar-refractivity contribution < 1.29 is 13.2 Å². The molecule has 2 fully saturated rings. The average Bonchev–Trinajstić information content (AvgIpc) is 2.85. The van der Waals surface area contributed by atoms with Crippen molar-refractivity contribution in [3.8, 4) is 6.07 Å². The highest BCUT2D eigenvalue weighted by Gasteiger charge is 2.31. The maximum Gasteiger partial charge on any atom is 0.287 e. The van der Waals surface area contributed by atoms with E-state index in [0.29, 0.717) is 37.6 Å². The Morgan fingerprint density at radius 1 is 1.21 bits per heavy atom. The van der Waals surface area contributed by atoms with Crippen LogP contribution in [0.5, 0.6) is 0 Å². The van der Waals surface area contributed by atoms with Crippen LogP contribution in [-0.2, 0) is 14.8 Å². The Morgan fingerprint density at radius 2 is 1.97 bits per heavy atom. The number of hydrogen-bond donors (Lipinski definition) is 1. The highest BCUT2D eigenvalue weighted by Crippen LogP contribution is 2.28. The van der Waals surface area contributed by atoms with Gasteiger partial charge in [0.2, 0.25) is 10.0 Å². The normalized spacial score (nSPS) is 20.1. The monoisotopic (exact) mass is 525 g/mol. The number of ether oxygens (including phenoxy) is 1. The fourth-order valence-corrected chi connectivity index (χ4v) is 6.35. The zero-order chi connectivity index (χ0) is 24.3. The van der Waals surface area contributed by atoms with Crippen LogP contribution in [0.4, 0.5) is 5.69 Å². The molecule has 2 aliphatic rings. The standard InChI is InChI=1S/C22H25Cl2N5O4S/c23-17-8-16(11-25)9-19(10-17)34(31,32)28-5-3-18(4-6-28)29-22(30)21(24)20(13-27-29)26-12-15-2-1-7-33-14-15/h8-10,13,15,18,26H,1-7,12,14H2/t15-/m1/s1. The topological polar surface area (TPSA) is 117 Å². The van der Waals surface area contributed by atoms with Crippen LogP contribution in [0.2, 0.25) is 10.0 Å². The number of halogens is 2. The molecule has 12 heteroatoms. The van der Waals surface area contributed by atoms with Crippen molar-refractivity contribution in [2.45, 2.75) is 36.6 Å². The van der Waals surface area contributed by atoms with Gasteiger partial charge in [0.05, 0.1) is 41.1 Å². The second-order valence-corrected chi connectivity index (χ2v) is 11.3. The van der Waals surface area contributed by atoms with E-state index in [2.05, 4.69) is 10.4 Å². The summed E-state index contributed by atoms with van der Waals surface area (Å²) in [6.07, 6.45) is 4.43. The molecule has 182 valence electrons. The molecular formula is C22H25Cl2N5O4S. The van der Waals surface area contributed by atoms with Gasteiger partial charge in [-0.3, -0.25) is 4.79 Å². The van der Waals surface area contributed by atoms with Crippen LogP contribution in [0, 0.1) is 17.2 Å². The zero-order valence-electron chi connectivity index (χ0n) is 18.4. The third kappa shape index (κ3) is 5.39. The maximum atomic E-state index is 13.1. The van der Waals surface area contributed by atoms with Crippen molar-refractivity contribution >= 4 is 38.9 Å². The van der Waals surface area contributed by atoms with E-state index >= 15 is 0 Å². The molecule has 9 nitrogen and oxygen atoms in total. The maximum absolute atomic E-state index is 13.1. The Balaban J connectivity index is 1.43. The lowest BCUT2D eigenvalue weighted by atomic mass is 10.0. The molecule has 2 aliphatic heterocycles. The van der Waals surface area contributed by atoms with Gasteiger partial charge in [-0.1, -0.05) is 23.2 Å². The third-order valence-corrected chi connectivity index (χ3v) is 8.65. The van der Waals surface area contributed by atoms with Gasteiger partial charge in [-0.25, -0.2) is 13.1 Å².